The van der Waals surface area contributed by atoms with Crippen LogP contribution in [-0.2, 0) is 9.59 Å². The van der Waals surface area contributed by atoms with Gasteiger partial charge in [0.1, 0.15) is 5.54 Å². The first-order valence-electron chi connectivity index (χ1n) is 7.02. The number of carbonyl (C=O) groups is 2. The molecular formula is C14H23N3O2. The zero-order chi connectivity index (χ0) is 14.3. The third-order valence-electron chi connectivity index (χ3n) is 3.48. The van der Waals surface area contributed by atoms with Gasteiger partial charge in [-0.15, -0.1) is 0 Å². The summed E-state index contributed by atoms with van der Waals surface area (Å²) in [6.45, 7) is 5.28. The molecule has 1 unspecified atom stereocenters. The Kier molecular flexibility index (Phi) is 5.97. The molecule has 0 aromatic heterocycles. The Labute approximate surface area is 115 Å². The van der Waals surface area contributed by atoms with Crippen molar-refractivity contribution in [2.45, 2.75) is 57.9 Å². The van der Waals surface area contributed by atoms with Crippen LogP contribution in [0.15, 0.2) is 0 Å². The van der Waals surface area contributed by atoms with E-state index in [1.54, 1.807) is 0 Å². The second kappa shape index (κ2) is 7.25. The van der Waals surface area contributed by atoms with Gasteiger partial charge in [-0.1, -0.05) is 6.92 Å². The maximum atomic E-state index is 11.4. The summed E-state index contributed by atoms with van der Waals surface area (Å²) in [5.74, 6) is -0.116. The maximum absolute atomic E-state index is 11.4. The van der Waals surface area contributed by atoms with Gasteiger partial charge in [0.15, 0.2) is 0 Å². The molecule has 19 heavy (non-hydrogen) atoms. The molecule has 5 nitrogen and oxygen atoms in total. The van der Waals surface area contributed by atoms with E-state index in [9.17, 15) is 14.9 Å². The van der Waals surface area contributed by atoms with E-state index in [4.69, 9.17) is 0 Å². The van der Waals surface area contributed by atoms with Crippen molar-refractivity contribution < 1.29 is 9.59 Å². The van der Waals surface area contributed by atoms with Crippen LogP contribution in [-0.4, -0.2) is 35.3 Å². The fourth-order valence-electron chi connectivity index (χ4n) is 2.21. The number of amides is 2. The fraction of sp³-hybridized carbons (Fsp3) is 0.786. The van der Waals surface area contributed by atoms with Gasteiger partial charge >= 0.3 is 0 Å². The number of nitriles is 1. The first-order chi connectivity index (χ1) is 9.02. The molecule has 1 aliphatic rings. The van der Waals surface area contributed by atoms with E-state index in [0.717, 1.165) is 32.2 Å². The van der Waals surface area contributed by atoms with E-state index in [2.05, 4.69) is 18.3 Å². The van der Waals surface area contributed by atoms with Crippen LogP contribution in [0.4, 0.5) is 0 Å². The SMILES string of the molecule is CCCNC(C)(C#N)CCCCN1C(=O)CCC1=O. The lowest BCUT2D eigenvalue weighted by molar-refractivity contribution is -0.138. The van der Waals surface area contributed by atoms with E-state index in [-0.39, 0.29) is 11.8 Å². The molecule has 1 heterocycles. The van der Waals surface area contributed by atoms with Crippen LogP contribution < -0.4 is 5.32 Å². The van der Waals surface area contributed by atoms with Gasteiger partial charge in [0.2, 0.25) is 11.8 Å². The smallest absolute Gasteiger partial charge is 0.229 e. The molecule has 1 rings (SSSR count). The van der Waals surface area contributed by atoms with E-state index in [0.29, 0.717) is 19.4 Å². The Morgan fingerprint density at radius 1 is 1.32 bits per heavy atom. The van der Waals surface area contributed by atoms with Crippen molar-refractivity contribution in [2.75, 3.05) is 13.1 Å². The molecule has 0 aromatic carbocycles. The van der Waals surface area contributed by atoms with Gasteiger partial charge in [-0.25, -0.2) is 0 Å². The van der Waals surface area contributed by atoms with Gasteiger partial charge in [-0.2, -0.15) is 5.26 Å². The highest BCUT2D eigenvalue weighted by atomic mass is 16.2. The van der Waals surface area contributed by atoms with Crippen molar-refractivity contribution in [3.63, 3.8) is 0 Å². The average molecular weight is 265 g/mol. The summed E-state index contributed by atoms with van der Waals surface area (Å²) < 4.78 is 0. The van der Waals surface area contributed by atoms with Gasteiger partial charge in [-0.05, 0) is 39.2 Å². The van der Waals surface area contributed by atoms with Crippen molar-refractivity contribution in [3.8, 4) is 6.07 Å². The Balaban J connectivity index is 2.28. The quantitative estimate of drug-likeness (QED) is 0.534. The summed E-state index contributed by atoms with van der Waals surface area (Å²) in [6, 6.07) is 2.30. The number of nitrogens with zero attached hydrogens (tertiary/aromatic N) is 2. The molecule has 1 saturated heterocycles. The first kappa shape index (κ1) is 15.6. The second-order valence-corrected chi connectivity index (χ2v) is 5.27. The summed E-state index contributed by atoms with van der Waals surface area (Å²) in [6.07, 6.45) is 4.04. The first-order valence-corrected chi connectivity index (χ1v) is 7.02. The van der Waals surface area contributed by atoms with Crippen LogP contribution in [0.25, 0.3) is 0 Å². The zero-order valence-electron chi connectivity index (χ0n) is 11.9. The molecule has 0 saturated carbocycles. The Hall–Kier alpha value is -1.41. The molecule has 0 radical (unpaired) electrons. The third kappa shape index (κ3) is 4.64. The van der Waals surface area contributed by atoms with Crippen LogP contribution in [0.3, 0.4) is 0 Å². The zero-order valence-corrected chi connectivity index (χ0v) is 11.9. The highest BCUT2D eigenvalue weighted by molar-refractivity contribution is 6.01. The number of carbonyl (C=O) groups excluding carboxylic acids is 2. The molecule has 1 N–H and O–H groups in total. The van der Waals surface area contributed by atoms with Gasteiger partial charge in [0.05, 0.1) is 6.07 Å². The molecule has 0 aliphatic carbocycles. The molecule has 1 fully saturated rings. The van der Waals surface area contributed by atoms with E-state index >= 15 is 0 Å². The maximum Gasteiger partial charge on any atom is 0.229 e. The number of unbranched alkanes of at least 4 members (excludes halogenated alkanes) is 1. The molecule has 0 aromatic rings. The Bertz CT molecular complexity index is 359. The van der Waals surface area contributed by atoms with Crippen molar-refractivity contribution >= 4 is 11.8 Å². The van der Waals surface area contributed by atoms with Crippen molar-refractivity contribution in [1.82, 2.24) is 10.2 Å². The largest absolute Gasteiger partial charge is 0.300 e. The van der Waals surface area contributed by atoms with E-state index < -0.39 is 5.54 Å². The number of nitrogens with one attached hydrogen (secondary N) is 1. The van der Waals surface area contributed by atoms with Crippen molar-refractivity contribution in [1.29, 1.82) is 5.26 Å². The standard InChI is InChI=1S/C14H23N3O2/c1-3-9-16-14(2,11-15)8-4-5-10-17-12(18)6-7-13(17)19/h16H,3-10H2,1-2H3. The minimum atomic E-state index is -0.505. The normalized spacial score (nSPS) is 18.5. The number of hydrogen-bond donors (Lipinski definition) is 1. The van der Waals surface area contributed by atoms with Gasteiger partial charge < -0.3 is 0 Å². The summed E-state index contributed by atoms with van der Waals surface area (Å²) >= 11 is 0. The number of hydrogen-bond acceptors (Lipinski definition) is 4. The molecule has 0 spiro atoms. The number of imide groups is 1. The average Bonchev–Trinajstić information content (AvgIpc) is 2.72. The molecular weight excluding hydrogens is 242 g/mol. The molecule has 1 atom stereocenters. The lowest BCUT2D eigenvalue weighted by Crippen LogP contribution is -2.41. The summed E-state index contributed by atoms with van der Waals surface area (Å²) in [5.41, 5.74) is -0.505. The van der Waals surface area contributed by atoms with Gasteiger partial charge in [0, 0.05) is 19.4 Å². The van der Waals surface area contributed by atoms with Gasteiger partial charge in [0.25, 0.3) is 0 Å². The second-order valence-electron chi connectivity index (χ2n) is 5.27. The number of likely N-dealkylation sites (tertiary alicyclic amines) is 1. The molecule has 1 aliphatic heterocycles. The minimum absolute atomic E-state index is 0.0582. The van der Waals surface area contributed by atoms with Crippen LogP contribution in [0.1, 0.15) is 52.4 Å². The summed E-state index contributed by atoms with van der Waals surface area (Å²) in [7, 11) is 0. The van der Waals surface area contributed by atoms with Crippen LogP contribution in [0, 0.1) is 11.3 Å². The predicted octanol–water partition coefficient (Wildman–Crippen LogP) is 1.59. The highest BCUT2D eigenvalue weighted by Crippen LogP contribution is 2.16. The predicted molar refractivity (Wildman–Crippen MR) is 72.1 cm³/mol. The monoisotopic (exact) mass is 265 g/mol. The van der Waals surface area contributed by atoms with E-state index in [1.807, 2.05) is 6.92 Å². The molecule has 5 heteroatoms. The summed E-state index contributed by atoms with van der Waals surface area (Å²) in [4.78, 5) is 24.2. The highest BCUT2D eigenvalue weighted by Gasteiger charge is 2.28. The molecule has 0 bridgehead atoms. The van der Waals surface area contributed by atoms with Crippen LogP contribution in [0.5, 0.6) is 0 Å². The fourth-order valence-corrected chi connectivity index (χ4v) is 2.21. The summed E-state index contributed by atoms with van der Waals surface area (Å²) in [5, 5.41) is 12.4. The topological polar surface area (TPSA) is 73.2 Å². The van der Waals surface area contributed by atoms with Crippen molar-refractivity contribution in [3.05, 3.63) is 0 Å². The number of rotatable bonds is 8. The van der Waals surface area contributed by atoms with Crippen LogP contribution in [0.2, 0.25) is 0 Å². The Morgan fingerprint density at radius 2 is 1.95 bits per heavy atom. The molecule has 2 amide bonds. The minimum Gasteiger partial charge on any atom is -0.300 e. The van der Waals surface area contributed by atoms with E-state index in [1.165, 1.54) is 4.90 Å². The molecule has 106 valence electrons. The van der Waals surface area contributed by atoms with Gasteiger partial charge in [-0.3, -0.25) is 19.8 Å². The lowest BCUT2D eigenvalue weighted by atomic mass is 9.96. The third-order valence-corrected chi connectivity index (χ3v) is 3.48. The van der Waals surface area contributed by atoms with Crippen LogP contribution >= 0.6 is 0 Å². The Morgan fingerprint density at radius 3 is 2.47 bits per heavy atom. The van der Waals surface area contributed by atoms with Crippen molar-refractivity contribution in [2.24, 2.45) is 0 Å². The lowest BCUT2D eigenvalue weighted by Gasteiger charge is -2.23.